The lowest BCUT2D eigenvalue weighted by atomic mass is 9.99. The molecule has 2 atom stereocenters. The fraction of sp³-hybridized carbons (Fsp3) is 0.750. The highest BCUT2D eigenvalue weighted by Crippen LogP contribution is 2.17. The molecule has 0 heterocycles. The average Bonchev–Trinajstić information content (AvgIpc) is 2.03. The number of nitrogens with zero attached hydrogens (tertiary/aromatic N) is 1. The minimum absolute atomic E-state index is 0.154. The zero-order valence-corrected chi connectivity index (χ0v) is 8.71. The van der Waals surface area contributed by atoms with E-state index in [2.05, 4.69) is 0 Å². The summed E-state index contributed by atoms with van der Waals surface area (Å²) < 4.78 is 0.747. The van der Waals surface area contributed by atoms with Gasteiger partial charge in [-0.25, -0.2) is 9.21 Å². The fourth-order valence-electron chi connectivity index (χ4n) is 0.983. The molecule has 0 aliphatic carbocycles. The zero-order valence-electron chi connectivity index (χ0n) is 7.95. The summed E-state index contributed by atoms with van der Waals surface area (Å²) in [6.07, 6.45) is 0.660. The first-order chi connectivity index (χ1) is 5.91. The van der Waals surface area contributed by atoms with E-state index in [1.54, 1.807) is 6.92 Å². The second kappa shape index (κ2) is 5.07. The smallest absolute Gasteiger partial charge is 0.328 e. The van der Waals surface area contributed by atoms with Gasteiger partial charge in [-0.3, -0.25) is 4.79 Å². The monoisotopic (exact) mass is 207 g/mol. The van der Waals surface area contributed by atoms with Crippen molar-refractivity contribution in [1.82, 2.24) is 4.42 Å². The van der Waals surface area contributed by atoms with Crippen LogP contribution in [0.3, 0.4) is 0 Å². The van der Waals surface area contributed by atoms with E-state index in [1.165, 1.54) is 6.92 Å². The maximum absolute atomic E-state index is 10.8. The Morgan fingerprint density at radius 1 is 1.54 bits per heavy atom. The van der Waals surface area contributed by atoms with Crippen molar-refractivity contribution in [2.24, 2.45) is 5.92 Å². The van der Waals surface area contributed by atoms with Crippen LogP contribution >= 0.6 is 11.8 Å². The topological polar surface area (TPSA) is 57.6 Å². The summed E-state index contributed by atoms with van der Waals surface area (Å²) in [5, 5.41) is 8.82. The Bertz CT molecular complexity index is 208. The first kappa shape index (κ1) is 12.2. The van der Waals surface area contributed by atoms with Crippen LogP contribution in [0.1, 0.15) is 27.2 Å². The van der Waals surface area contributed by atoms with Crippen LogP contribution in [0.4, 0.5) is 0 Å². The third-order valence-electron chi connectivity index (χ3n) is 1.98. The number of aliphatic carboxylic acids is 1. The molecule has 0 saturated heterocycles. The van der Waals surface area contributed by atoms with E-state index in [4.69, 9.17) is 16.9 Å². The van der Waals surface area contributed by atoms with Crippen LogP contribution in [0.25, 0.3) is 0 Å². The third-order valence-corrected chi connectivity index (χ3v) is 2.43. The minimum atomic E-state index is -1.07. The molecule has 0 aromatic rings. The van der Waals surface area contributed by atoms with E-state index in [0.29, 0.717) is 6.42 Å². The number of carboxylic acids is 1. The second-order valence-corrected chi connectivity index (χ2v) is 3.36. The van der Waals surface area contributed by atoms with E-state index < -0.39 is 17.9 Å². The van der Waals surface area contributed by atoms with Crippen LogP contribution in [0, 0.1) is 5.92 Å². The first-order valence-electron chi connectivity index (χ1n) is 4.10. The predicted octanol–water partition coefficient (Wildman–Crippen LogP) is 1.49. The lowest BCUT2D eigenvalue weighted by Gasteiger charge is -2.25. The molecular weight excluding hydrogens is 194 g/mol. The molecule has 0 fully saturated rings. The van der Waals surface area contributed by atoms with Gasteiger partial charge in [-0.15, -0.1) is 0 Å². The minimum Gasteiger partial charge on any atom is -0.480 e. The predicted molar refractivity (Wildman–Crippen MR) is 49.3 cm³/mol. The largest absolute Gasteiger partial charge is 0.480 e. The van der Waals surface area contributed by atoms with Gasteiger partial charge >= 0.3 is 5.97 Å². The first-order valence-corrected chi connectivity index (χ1v) is 4.44. The highest BCUT2D eigenvalue weighted by Gasteiger charge is 2.31. The van der Waals surface area contributed by atoms with Gasteiger partial charge in [-0.1, -0.05) is 20.3 Å². The lowest BCUT2D eigenvalue weighted by molar-refractivity contribution is -0.147. The highest BCUT2D eigenvalue weighted by molar-refractivity contribution is 6.22. The molecule has 0 spiro atoms. The van der Waals surface area contributed by atoms with E-state index in [-0.39, 0.29) is 5.92 Å². The van der Waals surface area contributed by atoms with E-state index in [1.807, 2.05) is 6.92 Å². The van der Waals surface area contributed by atoms with Gasteiger partial charge in [0.1, 0.15) is 6.04 Å². The van der Waals surface area contributed by atoms with Gasteiger partial charge in [-0.2, -0.15) is 0 Å². The quantitative estimate of drug-likeness (QED) is 0.711. The van der Waals surface area contributed by atoms with E-state index in [0.717, 1.165) is 4.42 Å². The molecule has 13 heavy (non-hydrogen) atoms. The molecule has 1 N–H and O–H groups in total. The Balaban J connectivity index is 4.60. The van der Waals surface area contributed by atoms with Crippen molar-refractivity contribution in [2.75, 3.05) is 0 Å². The summed E-state index contributed by atoms with van der Waals surface area (Å²) in [4.78, 5) is 21.6. The van der Waals surface area contributed by atoms with Gasteiger partial charge in [0.2, 0.25) is 5.91 Å². The van der Waals surface area contributed by atoms with Crippen LogP contribution in [0.2, 0.25) is 0 Å². The molecule has 2 unspecified atom stereocenters. The number of carboxylic acid groups (broad SMARTS) is 1. The molecule has 0 radical (unpaired) electrons. The summed E-state index contributed by atoms with van der Waals surface area (Å²) in [5.74, 6) is -1.67. The Morgan fingerprint density at radius 3 is 2.23 bits per heavy atom. The molecule has 76 valence electrons. The molecule has 0 saturated carbocycles. The third kappa shape index (κ3) is 3.22. The number of amides is 1. The Morgan fingerprint density at radius 2 is 2.00 bits per heavy atom. The highest BCUT2D eigenvalue weighted by atomic mass is 35.5. The SMILES string of the molecule is CCC(C)C(C(=O)O)N(Cl)C(C)=O. The normalized spacial score (nSPS) is 14.8. The van der Waals surface area contributed by atoms with Gasteiger partial charge in [0.05, 0.1) is 0 Å². The second-order valence-electron chi connectivity index (χ2n) is 3.00. The molecule has 0 bridgehead atoms. The average molecular weight is 208 g/mol. The van der Waals surface area contributed by atoms with Crippen LogP contribution in [-0.4, -0.2) is 27.4 Å². The Hall–Kier alpha value is -0.770. The van der Waals surface area contributed by atoms with Gasteiger partial charge in [0.15, 0.2) is 0 Å². The Labute approximate surface area is 82.6 Å². The molecule has 0 aromatic carbocycles. The molecule has 1 amide bonds. The molecule has 0 rings (SSSR count). The molecule has 0 aromatic heterocycles. The fourth-order valence-corrected chi connectivity index (χ4v) is 1.26. The number of hydrogen-bond donors (Lipinski definition) is 1. The molecule has 5 heteroatoms. The van der Waals surface area contributed by atoms with Crippen molar-refractivity contribution < 1.29 is 14.7 Å². The van der Waals surface area contributed by atoms with Gasteiger partial charge in [-0.05, 0) is 5.92 Å². The molecule has 4 nitrogen and oxygen atoms in total. The number of hydrogen-bond acceptors (Lipinski definition) is 2. The number of carbonyl (C=O) groups excluding carboxylic acids is 1. The number of halogens is 1. The maximum Gasteiger partial charge on any atom is 0.328 e. The van der Waals surface area contributed by atoms with E-state index in [9.17, 15) is 9.59 Å². The van der Waals surface area contributed by atoms with Crippen LogP contribution in [-0.2, 0) is 9.59 Å². The van der Waals surface area contributed by atoms with Gasteiger partial charge in [0, 0.05) is 18.7 Å². The molecule has 0 aliphatic heterocycles. The van der Waals surface area contributed by atoms with Crippen LogP contribution < -0.4 is 0 Å². The van der Waals surface area contributed by atoms with Crippen molar-refractivity contribution in [3.05, 3.63) is 0 Å². The molecular formula is C8H14ClNO3. The zero-order chi connectivity index (χ0) is 10.6. The van der Waals surface area contributed by atoms with Crippen LogP contribution in [0.5, 0.6) is 0 Å². The van der Waals surface area contributed by atoms with Crippen molar-refractivity contribution >= 4 is 23.7 Å². The maximum atomic E-state index is 10.8. The summed E-state index contributed by atoms with van der Waals surface area (Å²) >= 11 is 5.55. The van der Waals surface area contributed by atoms with Gasteiger partial charge < -0.3 is 5.11 Å². The number of rotatable bonds is 4. The summed E-state index contributed by atoms with van der Waals surface area (Å²) in [7, 11) is 0. The van der Waals surface area contributed by atoms with E-state index >= 15 is 0 Å². The Kier molecular flexibility index (Phi) is 4.77. The van der Waals surface area contributed by atoms with Gasteiger partial charge in [0.25, 0.3) is 0 Å². The summed E-state index contributed by atoms with van der Waals surface area (Å²) in [6, 6.07) is -0.941. The van der Waals surface area contributed by atoms with Crippen molar-refractivity contribution in [2.45, 2.75) is 33.2 Å². The van der Waals surface area contributed by atoms with Crippen LogP contribution in [0.15, 0.2) is 0 Å². The van der Waals surface area contributed by atoms with Crippen molar-refractivity contribution in [3.63, 3.8) is 0 Å². The van der Waals surface area contributed by atoms with Crippen molar-refractivity contribution in [1.29, 1.82) is 0 Å². The van der Waals surface area contributed by atoms with Crippen molar-refractivity contribution in [3.8, 4) is 0 Å². The standard InChI is InChI=1S/C8H14ClNO3/c1-4-5(2)7(8(12)13)10(9)6(3)11/h5,7H,4H2,1-3H3,(H,12,13). The molecule has 0 aliphatic rings. The number of carbonyl (C=O) groups is 2. The summed E-state index contributed by atoms with van der Waals surface area (Å²) in [6.45, 7) is 4.84. The lowest BCUT2D eigenvalue weighted by Crippen LogP contribution is -2.42. The summed E-state index contributed by atoms with van der Waals surface area (Å²) in [5.41, 5.74) is 0.